The van der Waals surface area contributed by atoms with Crippen LogP contribution >= 0.6 is 0 Å². The maximum Gasteiger partial charge on any atom is 0.254 e. The number of likely N-dealkylation sites (tertiary alicyclic amines) is 1. The lowest BCUT2D eigenvalue weighted by molar-refractivity contribution is -0.136. The largest absolute Gasteiger partial charge is 0.348 e. The van der Waals surface area contributed by atoms with Crippen LogP contribution in [0.25, 0.3) is 0 Å². The third kappa shape index (κ3) is 5.09. The van der Waals surface area contributed by atoms with E-state index in [1.165, 1.54) is 12.1 Å². The van der Waals surface area contributed by atoms with Gasteiger partial charge in [0.25, 0.3) is 5.91 Å². The number of hydrogen-bond donors (Lipinski definition) is 1. The molecule has 2 amide bonds. The molecule has 164 valence electrons. The molecule has 0 bridgehead atoms. The number of aryl methyl sites for hydroxylation is 1. The number of amides is 2. The number of rotatable bonds is 5. The summed E-state index contributed by atoms with van der Waals surface area (Å²) in [6.45, 7) is 3.59. The van der Waals surface area contributed by atoms with E-state index in [4.69, 9.17) is 0 Å². The summed E-state index contributed by atoms with van der Waals surface area (Å²) >= 11 is 0. The van der Waals surface area contributed by atoms with Gasteiger partial charge in [-0.15, -0.1) is 0 Å². The lowest BCUT2D eigenvalue weighted by Crippen LogP contribution is -2.42. The highest BCUT2D eigenvalue weighted by molar-refractivity contribution is 5.94. The first-order chi connectivity index (χ1) is 15.0. The topological polar surface area (TPSA) is 75.2 Å². The van der Waals surface area contributed by atoms with Gasteiger partial charge in [0.15, 0.2) is 0 Å². The molecule has 0 radical (unpaired) electrons. The average Bonchev–Trinajstić information content (AvgIpc) is 3.33. The van der Waals surface area contributed by atoms with E-state index < -0.39 is 0 Å². The summed E-state index contributed by atoms with van der Waals surface area (Å²) in [5, 5.41) is 2.83. The number of nitrogens with one attached hydrogen (secondary N) is 1. The van der Waals surface area contributed by atoms with E-state index in [2.05, 4.69) is 15.3 Å². The van der Waals surface area contributed by atoms with E-state index in [0.717, 1.165) is 50.6 Å². The van der Waals surface area contributed by atoms with Crippen molar-refractivity contribution < 1.29 is 14.0 Å². The highest BCUT2D eigenvalue weighted by Gasteiger charge is 2.32. The number of aromatic nitrogens is 2. The lowest BCUT2D eigenvalue weighted by atomic mass is 9.95. The number of benzene rings is 1. The Labute approximate surface area is 182 Å². The summed E-state index contributed by atoms with van der Waals surface area (Å²) in [6.07, 6.45) is 7.81. The van der Waals surface area contributed by atoms with Crippen molar-refractivity contribution in [2.45, 2.75) is 57.9 Å². The number of halogens is 1. The molecule has 1 aromatic carbocycles. The first kappa shape index (κ1) is 21.4. The van der Waals surface area contributed by atoms with Gasteiger partial charge in [0.2, 0.25) is 5.91 Å². The molecule has 4 rings (SSSR count). The third-order valence-corrected chi connectivity index (χ3v) is 6.41. The van der Waals surface area contributed by atoms with Crippen molar-refractivity contribution in [3.63, 3.8) is 0 Å². The molecule has 1 aliphatic carbocycles. The molecular weight excluding hydrogens is 395 g/mol. The molecule has 1 N–H and O–H groups in total. The van der Waals surface area contributed by atoms with Crippen LogP contribution in [0.3, 0.4) is 0 Å². The number of nitrogens with zero attached hydrogens (tertiary/aromatic N) is 3. The predicted octanol–water partition coefficient (Wildman–Crippen LogP) is 3.75. The number of piperidine rings is 1. The molecular formula is C24H29FN4O2. The second-order valence-corrected chi connectivity index (χ2v) is 8.64. The van der Waals surface area contributed by atoms with Crippen LogP contribution in [-0.2, 0) is 11.3 Å². The second-order valence-electron chi connectivity index (χ2n) is 8.64. The van der Waals surface area contributed by atoms with Gasteiger partial charge in [-0.05, 0) is 50.3 Å². The van der Waals surface area contributed by atoms with Crippen LogP contribution in [0.15, 0.2) is 30.5 Å². The van der Waals surface area contributed by atoms with Crippen molar-refractivity contribution in [1.29, 1.82) is 0 Å². The molecule has 7 heteroatoms. The zero-order chi connectivity index (χ0) is 21.8. The van der Waals surface area contributed by atoms with Crippen molar-refractivity contribution in [3.05, 3.63) is 58.9 Å². The molecule has 1 saturated heterocycles. The van der Waals surface area contributed by atoms with Crippen molar-refractivity contribution in [2.75, 3.05) is 13.1 Å². The second kappa shape index (κ2) is 9.54. The van der Waals surface area contributed by atoms with E-state index in [9.17, 15) is 14.0 Å². The van der Waals surface area contributed by atoms with Crippen molar-refractivity contribution in [3.8, 4) is 0 Å². The van der Waals surface area contributed by atoms with Gasteiger partial charge in [0.05, 0.1) is 11.3 Å². The smallest absolute Gasteiger partial charge is 0.254 e. The fourth-order valence-corrected chi connectivity index (χ4v) is 4.60. The first-order valence-electron chi connectivity index (χ1n) is 11.2. The molecule has 0 unspecified atom stereocenters. The van der Waals surface area contributed by atoms with E-state index in [-0.39, 0.29) is 29.5 Å². The number of carbonyl (C=O) groups is 2. The highest BCUT2D eigenvalue weighted by atomic mass is 19.1. The summed E-state index contributed by atoms with van der Waals surface area (Å²) in [6, 6.07) is 6.03. The van der Waals surface area contributed by atoms with Gasteiger partial charge in [-0.3, -0.25) is 9.59 Å². The molecule has 0 spiro atoms. The Balaban J connectivity index is 1.38. The van der Waals surface area contributed by atoms with Gasteiger partial charge in [0.1, 0.15) is 11.6 Å². The highest BCUT2D eigenvalue weighted by Crippen LogP contribution is 2.30. The number of hydrogen-bond acceptors (Lipinski definition) is 4. The first-order valence-corrected chi connectivity index (χ1v) is 11.2. The summed E-state index contributed by atoms with van der Waals surface area (Å²) < 4.78 is 13.0. The molecule has 1 saturated carbocycles. The predicted molar refractivity (Wildman–Crippen MR) is 115 cm³/mol. The minimum Gasteiger partial charge on any atom is -0.348 e. The van der Waals surface area contributed by atoms with Crippen LogP contribution in [0.1, 0.15) is 71.9 Å². The standard InChI is InChI=1S/C24H29FN4O2/c1-16-21(23(30)27-13-17-8-10-20(25)11-9-17)14-26-22(28-16)19-7-4-12-29(15-19)24(31)18-5-2-3-6-18/h8-11,14,18-19H,2-7,12-13,15H2,1H3,(H,27,30)/t19-/m0/s1. The van der Waals surface area contributed by atoms with E-state index in [1.54, 1.807) is 18.3 Å². The molecule has 2 fully saturated rings. The van der Waals surface area contributed by atoms with Crippen LogP contribution in [0, 0.1) is 18.7 Å². The molecule has 2 heterocycles. The van der Waals surface area contributed by atoms with Gasteiger partial charge >= 0.3 is 0 Å². The van der Waals surface area contributed by atoms with Gasteiger partial charge < -0.3 is 10.2 Å². The molecule has 2 aromatic rings. The molecule has 31 heavy (non-hydrogen) atoms. The van der Waals surface area contributed by atoms with Gasteiger partial charge in [0, 0.05) is 37.7 Å². The van der Waals surface area contributed by atoms with Crippen LogP contribution in [0.4, 0.5) is 4.39 Å². The Morgan fingerprint density at radius 2 is 1.87 bits per heavy atom. The Morgan fingerprint density at radius 1 is 1.13 bits per heavy atom. The monoisotopic (exact) mass is 424 g/mol. The Kier molecular flexibility index (Phi) is 6.59. The fourth-order valence-electron chi connectivity index (χ4n) is 4.60. The van der Waals surface area contributed by atoms with Crippen molar-refractivity contribution >= 4 is 11.8 Å². The summed E-state index contributed by atoms with van der Waals surface area (Å²) in [5.74, 6) is 0.728. The minimum absolute atomic E-state index is 0.106. The Bertz CT molecular complexity index is 941. The van der Waals surface area contributed by atoms with Gasteiger partial charge in [-0.1, -0.05) is 25.0 Å². The van der Waals surface area contributed by atoms with E-state index in [0.29, 0.717) is 30.2 Å². The van der Waals surface area contributed by atoms with Gasteiger partial charge in [-0.2, -0.15) is 0 Å². The van der Waals surface area contributed by atoms with Gasteiger partial charge in [-0.25, -0.2) is 14.4 Å². The maximum absolute atomic E-state index is 13.0. The minimum atomic E-state index is -0.305. The van der Waals surface area contributed by atoms with Crippen molar-refractivity contribution in [2.24, 2.45) is 5.92 Å². The lowest BCUT2D eigenvalue weighted by Gasteiger charge is -2.33. The molecule has 2 aliphatic rings. The van der Waals surface area contributed by atoms with Crippen LogP contribution in [-0.4, -0.2) is 39.8 Å². The van der Waals surface area contributed by atoms with Crippen LogP contribution < -0.4 is 5.32 Å². The Hall–Kier alpha value is -2.83. The molecule has 1 aliphatic heterocycles. The SMILES string of the molecule is Cc1nc([C@H]2CCCN(C(=O)C3CCCC3)C2)ncc1C(=O)NCc1ccc(F)cc1. The maximum atomic E-state index is 13.0. The zero-order valence-corrected chi connectivity index (χ0v) is 17.9. The molecule has 6 nitrogen and oxygen atoms in total. The quantitative estimate of drug-likeness (QED) is 0.793. The average molecular weight is 425 g/mol. The molecule has 1 aromatic heterocycles. The molecule has 1 atom stereocenters. The third-order valence-electron chi connectivity index (χ3n) is 6.41. The summed E-state index contributed by atoms with van der Waals surface area (Å²) in [7, 11) is 0. The summed E-state index contributed by atoms with van der Waals surface area (Å²) in [5.41, 5.74) is 1.88. The van der Waals surface area contributed by atoms with Crippen LogP contribution in [0.5, 0.6) is 0 Å². The zero-order valence-electron chi connectivity index (χ0n) is 17.9. The van der Waals surface area contributed by atoms with E-state index in [1.807, 2.05) is 11.8 Å². The fraction of sp³-hybridized carbons (Fsp3) is 0.500. The summed E-state index contributed by atoms with van der Waals surface area (Å²) in [4.78, 5) is 36.5. The Morgan fingerprint density at radius 3 is 2.58 bits per heavy atom. The van der Waals surface area contributed by atoms with Crippen molar-refractivity contribution in [1.82, 2.24) is 20.2 Å². The van der Waals surface area contributed by atoms with Crippen LogP contribution in [0.2, 0.25) is 0 Å². The normalized spacial score (nSPS) is 19.4. The number of carbonyl (C=O) groups excluding carboxylic acids is 2. The van der Waals surface area contributed by atoms with E-state index >= 15 is 0 Å².